The van der Waals surface area contributed by atoms with Gasteiger partial charge in [-0.15, -0.1) is 0 Å². The summed E-state index contributed by atoms with van der Waals surface area (Å²) in [5.74, 6) is 1.45. The molecule has 0 aliphatic rings. The van der Waals surface area contributed by atoms with Gasteiger partial charge in [0, 0.05) is 25.6 Å². The monoisotopic (exact) mass is 329 g/mol. The van der Waals surface area contributed by atoms with Crippen molar-refractivity contribution in [2.75, 3.05) is 33.4 Å². The molecule has 0 aliphatic carbocycles. The first-order valence-corrected chi connectivity index (χ1v) is 7.98. The van der Waals surface area contributed by atoms with Gasteiger partial charge in [0.2, 0.25) is 0 Å². The van der Waals surface area contributed by atoms with E-state index in [9.17, 15) is 4.79 Å². The number of aliphatic hydroxyl groups excluding tert-OH is 1. The highest BCUT2D eigenvalue weighted by Gasteiger charge is 2.10. The number of likely N-dealkylation sites (N-methyl/N-ethyl adjacent to an activating group) is 1. The molecule has 2 aromatic carbocycles. The lowest BCUT2D eigenvalue weighted by Crippen LogP contribution is -2.29. The third-order valence-corrected chi connectivity index (χ3v) is 3.45. The quantitative estimate of drug-likeness (QED) is 0.719. The van der Waals surface area contributed by atoms with Crippen LogP contribution >= 0.6 is 0 Å². The summed E-state index contributed by atoms with van der Waals surface area (Å²) in [5.41, 5.74) is 0.575. The number of hydrogen-bond donors (Lipinski definition) is 1. The molecular weight excluding hydrogens is 306 g/mol. The minimum atomic E-state index is -0.119. The van der Waals surface area contributed by atoms with Crippen LogP contribution in [0.15, 0.2) is 54.6 Å². The molecule has 0 aliphatic heterocycles. The van der Waals surface area contributed by atoms with Crippen molar-refractivity contribution in [3.05, 3.63) is 60.2 Å². The number of aliphatic hydroxyl groups is 1. The fourth-order valence-electron chi connectivity index (χ4n) is 2.12. The smallest absolute Gasteiger partial charge is 0.253 e. The molecule has 5 heteroatoms. The van der Waals surface area contributed by atoms with Crippen molar-refractivity contribution in [2.24, 2.45) is 0 Å². The van der Waals surface area contributed by atoms with E-state index in [1.54, 1.807) is 31.3 Å². The van der Waals surface area contributed by atoms with Gasteiger partial charge >= 0.3 is 0 Å². The Kier molecular flexibility index (Phi) is 7.11. The van der Waals surface area contributed by atoms with E-state index in [1.165, 1.54) is 4.90 Å². The molecule has 1 amide bonds. The van der Waals surface area contributed by atoms with Crippen molar-refractivity contribution in [1.82, 2.24) is 4.90 Å². The van der Waals surface area contributed by atoms with Crippen molar-refractivity contribution in [3.8, 4) is 11.5 Å². The Morgan fingerprint density at radius 1 is 0.958 bits per heavy atom. The minimum Gasteiger partial charge on any atom is -0.493 e. The highest BCUT2D eigenvalue weighted by molar-refractivity contribution is 5.94. The van der Waals surface area contributed by atoms with Gasteiger partial charge in [0.25, 0.3) is 5.91 Å². The Morgan fingerprint density at radius 2 is 1.54 bits per heavy atom. The number of rotatable bonds is 9. The number of carbonyl (C=O) groups excluding carboxylic acids is 1. The van der Waals surface area contributed by atoms with E-state index in [0.717, 1.165) is 17.9 Å². The number of hydrogen-bond acceptors (Lipinski definition) is 4. The number of amides is 1. The summed E-state index contributed by atoms with van der Waals surface area (Å²) in [6, 6.07) is 16.7. The van der Waals surface area contributed by atoms with Crippen LogP contribution in [-0.2, 0) is 0 Å². The first-order valence-electron chi connectivity index (χ1n) is 7.98. The molecule has 2 rings (SSSR count). The van der Waals surface area contributed by atoms with Gasteiger partial charge in [0.05, 0.1) is 19.8 Å². The largest absolute Gasteiger partial charge is 0.493 e. The predicted molar refractivity (Wildman–Crippen MR) is 92.5 cm³/mol. The molecule has 0 bridgehead atoms. The van der Waals surface area contributed by atoms with Crippen LogP contribution in [0.4, 0.5) is 0 Å². The molecule has 128 valence electrons. The molecule has 0 atom stereocenters. The third-order valence-electron chi connectivity index (χ3n) is 3.45. The van der Waals surface area contributed by atoms with Crippen LogP contribution in [0.3, 0.4) is 0 Å². The molecule has 0 radical (unpaired) electrons. The van der Waals surface area contributed by atoms with Crippen LogP contribution in [0.1, 0.15) is 16.8 Å². The van der Waals surface area contributed by atoms with Gasteiger partial charge in [-0.1, -0.05) is 18.2 Å². The first kappa shape index (κ1) is 17.8. The van der Waals surface area contributed by atoms with E-state index < -0.39 is 0 Å². The molecule has 0 saturated heterocycles. The average Bonchev–Trinajstić information content (AvgIpc) is 2.62. The van der Waals surface area contributed by atoms with E-state index in [2.05, 4.69) is 0 Å². The number of ether oxygens (including phenoxy) is 2. The molecule has 0 saturated carbocycles. The van der Waals surface area contributed by atoms with Gasteiger partial charge in [0.15, 0.2) is 0 Å². The molecule has 0 unspecified atom stereocenters. The third kappa shape index (κ3) is 5.59. The summed E-state index contributed by atoms with van der Waals surface area (Å²) in [6.07, 6.45) is 0.773. The second-order valence-electron chi connectivity index (χ2n) is 5.34. The Balaban J connectivity index is 1.71. The van der Waals surface area contributed by atoms with Gasteiger partial charge in [-0.05, 0) is 36.4 Å². The fourth-order valence-corrected chi connectivity index (χ4v) is 2.12. The van der Waals surface area contributed by atoms with Crippen molar-refractivity contribution in [3.63, 3.8) is 0 Å². The zero-order chi connectivity index (χ0) is 17.2. The molecule has 2 aromatic rings. The number of carbonyl (C=O) groups is 1. The normalized spacial score (nSPS) is 10.2. The molecule has 0 heterocycles. The Labute approximate surface area is 142 Å². The maximum Gasteiger partial charge on any atom is 0.253 e. The SMILES string of the molecule is CN(CCO)C(=O)c1ccc(OCCCOc2ccccc2)cc1. The second kappa shape index (κ2) is 9.57. The maximum atomic E-state index is 12.0. The summed E-state index contributed by atoms with van der Waals surface area (Å²) in [6.45, 7) is 1.41. The summed E-state index contributed by atoms with van der Waals surface area (Å²) >= 11 is 0. The standard InChI is InChI=1S/C19H23NO4/c1-20(12-13-21)19(22)16-8-10-18(11-9-16)24-15-5-14-23-17-6-3-2-4-7-17/h2-4,6-11,21H,5,12-15H2,1H3. The van der Waals surface area contributed by atoms with E-state index >= 15 is 0 Å². The Hall–Kier alpha value is -2.53. The number of para-hydroxylation sites is 1. The summed E-state index contributed by atoms with van der Waals surface area (Å²) < 4.78 is 11.2. The topological polar surface area (TPSA) is 59.0 Å². The van der Waals surface area contributed by atoms with Gasteiger partial charge in [-0.3, -0.25) is 4.79 Å². The lowest BCUT2D eigenvalue weighted by atomic mass is 10.2. The fraction of sp³-hybridized carbons (Fsp3) is 0.316. The number of nitrogens with zero attached hydrogens (tertiary/aromatic N) is 1. The molecule has 24 heavy (non-hydrogen) atoms. The summed E-state index contributed by atoms with van der Waals surface area (Å²) in [4.78, 5) is 13.5. The lowest BCUT2D eigenvalue weighted by molar-refractivity contribution is 0.0767. The van der Waals surface area contributed by atoms with Crippen molar-refractivity contribution >= 4 is 5.91 Å². The zero-order valence-corrected chi connectivity index (χ0v) is 13.9. The molecule has 5 nitrogen and oxygen atoms in total. The Morgan fingerprint density at radius 3 is 2.12 bits per heavy atom. The summed E-state index contributed by atoms with van der Waals surface area (Å²) in [5, 5.41) is 8.87. The predicted octanol–water partition coefficient (Wildman–Crippen LogP) is 2.60. The van der Waals surface area contributed by atoms with E-state index in [1.807, 2.05) is 30.3 Å². The van der Waals surface area contributed by atoms with E-state index in [-0.39, 0.29) is 12.5 Å². The van der Waals surface area contributed by atoms with Crippen LogP contribution in [0.25, 0.3) is 0 Å². The molecule has 0 aromatic heterocycles. The average molecular weight is 329 g/mol. The van der Waals surface area contributed by atoms with Crippen molar-refractivity contribution in [1.29, 1.82) is 0 Å². The molecular formula is C19H23NO4. The zero-order valence-electron chi connectivity index (χ0n) is 13.9. The number of benzene rings is 2. The van der Waals surface area contributed by atoms with Crippen molar-refractivity contribution in [2.45, 2.75) is 6.42 Å². The van der Waals surface area contributed by atoms with Crippen LogP contribution in [-0.4, -0.2) is 49.3 Å². The van der Waals surface area contributed by atoms with Crippen LogP contribution in [0, 0.1) is 0 Å². The molecule has 0 fully saturated rings. The van der Waals surface area contributed by atoms with Crippen molar-refractivity contribution < 1.29 is 19.4 Å². The minimum absolute atomic E-state index is 0.0471. The maximum absolute atomic E-state index is 12.0. The van der Waals surface area contributed by atoms with Gasteiger partial charge in [0.1, 0.15) is 11.5 Å². The van der Waals surface area contributed by atoms with Crippen LogP contribution in [0.5, 0.6) is 11.5 Å². The molecule has 0 spiro atoms. The molecule has 1 N–H and O–H groups in total. The van der Waals surface area contributed by atoms with Gasteiger partial charge in [-0.25, -0.2) is 0 Å². The van der Waals surface area contributed by atoms with Gasteiger partial charge in [-0.2, -0.15) is 0 Å². The highest BCUT2D eigenvalue weighted by atomic mass is 16.5. The lowest BCUT2D eigenvalue weighted by Gasteiger charge is -2.15. The summed E-state index contributed by atoms with van der Waals surface area (Å²) in [7, 11) is 1.66. The van der Waals surface area contributed by atoms with Gasteiger partial charge < -0.3 is 19.5 Å². The second-order valence-corrected chi connectivity index (χ2v) is 5.34. The van der Waals surface area contributed by atoms with Crippen LogP contribution in [0.2, 0.25) is 0 Å². The van der Waals surface area contributed by atoms with Crippen LogP contribution < -0.4 is 9.47 Å². The Bertz CT molecular complexity index is 613. The highest BCUT2D eigenvalue weighted by Crippen LogP contribution is 2.14. The van der Waals surface area contributed by atoms with E-state index in [4.69, 9.17) is 14.6 Å². The first-order chi connectivity index (χ1) is 11.7. The van der Waals surface area contributed by atoms with E-state index in [0.29, 0.717) is 25.3 Å².